The smallest absolute Gasteiger partial charge is 0.243 e. The summed E-state index contributed by atoms with van der Waals surface area (Å²) in [6.45, 7) is 1.20. The van der Waals surface area contributed by atoms with Gasteiger partial charge in [0.05, 0.1) is 0 Å². The average Bonchev–Trinajstić information content (AvgIpc) is 2.85. The van der Waals surface area contributed by atoms with E-state index >= 15 is 0 Å². The standard InChI is InChI=1S/C13H16N2O2/c16-10-15-8-4-7-12(15)13(17)14-9-11-5-2-1-3-6-11/h1-3,5-6,10,12H,4,7-9H2,(H,14,17). The molecule has 1 heterocycles. The Morgan fingerprint density at radius 2 is 2.18 bits per heavy atom. The first-order chi connectivity index (χ1) is 8.31. The number of nitrogens with one attached hydrogen (secondary N) is 1. The van der Waals surface area contributed by atoms with Gasteiger partial charge in [-0.1, -0.05) is 30.3 Å². The van der Waals surface area contributed by atoms with Gasteiger partial charge in [0.25, 0.3) is 0 Å². The minimum Gasteiger partial charge on any atom is -0.350 e. The molecule has 1 fully saturated rings. The number of hydrogen-bond acceptors (Lipinski definition) is 2. The van der Waals surface area contributed by atoms with Crippen molar-refractivity contribution < 1.29 is 9.59 Å². The summed E-state index contributed by atoms with van der Waals surface area (Å²) in [6, 6.07) is 9.47. The Labute approximate surface area is 101 Å². The highest BCUT2D eigenvalue weighted by Gasteiger charge is 2.29. The topological polar surface area (TPSA) is 49.4 Å². The van der Waals surface area contributed by atoms with E-state index < -0.39 is 0 Å². The van der Waals surface area contributed by atoms with Crippen LogP contribution in [0.2, 0.25) is 0 Å². The highest BCUT2D eigenvalue weighted by Crippen LogP contribution is 2.15. The summed E-state index contributed by atoms with van der Waals surface area (Å²) in [4.78, 5) is 24.2. The van der Waals surface area contributed by atoms with Crippen molar-refractivity contribution in [2.24, 2.45) is 0 Å². The normalized spacial score (nSPS) is 19.1. The Morgan fingerprint density at radius 3 is 2.88 bits per heavy atom. The zero-order valence-electron chi connectivity index (χ0n) is 9.63. The van der Waals surface area contributed by atoms with E-state index in [1.807, 2.05) is 30.3 Å². The van der Waals surface area contributed by atoms with Crippen LogP contribution in [0.15, 0.2) is 30.3 Å². The lowest BCUT2D eigenvalue weighted by atomic mass is 10.2. The summed E-state index contributed by atoms with van der Waals surface area (Å²) >= 11 is 0. The van der Waals surface area contributed by atoms with Crippen molar-refractivity contribution in [2.45, 2.75) is 25.4 Å². The number of hydrogen-bond donors (Lipinski definition) is 1. The van der Waals surface area contributed by atoms with Gasteiger partial charge in [0, 0.05) is 13.1 Å². The van der Waals surface area contributed by atoms with Gasteiger partial charge in [-0.25, -0.2) is 0 Å². The highest BCUT2D eigenvalue weighted by atomic mass is 16.2. The van der Waals surface area contributed by atoms with Crippen LogP contribution in [0.4, 0.5) is 0 Å². The summed E-state index contributed by atoms with van der Waals surface area (Å²) in [6.07, 6.45) is 2.43. The van der Waals surface area contributed by atoms with Crippen LogP contribution in [0.3, 0.4) is 0 Å². The third kappa shape index (κ3) is 2.84. The van der Waals surface area contributed by atoms with Crippen LogP contribution in [-0.2, 0) is 16.1 Å². The summed E-state index contributed by atoms with van der Waals surface area (Å²) in [5.74, 6) is -0.0570. The highest BCUT2D eigenvalue weighted by molar-refractivity contribution is 5.84. The number of carbonyl (C=O) groups excluding carboxylic acids is 2. The fraction of sp³-hybridized carbons (Fsp3) is 0.385. The quantitative estimate of drug-likeness (QED) is 0.785. The monoisotopic (exact) mass is 232 g/mol. The Balaban J connectivity index is 1.87. The number of nitrogens with zero attached hydrogens (tertiary/aromatic N) is 1. The zero-order chi connectivity index (χ0) is 12.1. The van der Waals surface area contributed by atoms with Gasteiger partial charge in [0.15, 0.2) is 0 Å². The van der Waals surface area contributed by atoms with Crippen molar-refractivity contribution >= 4 is 12.3 Å². The minimum absolute atomic E-state index is 0.0570. The van der Waals surface area contributed by atoms with Crippen LogP contribution in [0.5, 0.6) is 0 Å². The van der Waals surface area contributed by atoms with Crippen LogP contribution in [0, 0.1) is 0 Å². The first-order valence-electron chi connectivity index (χ1n) is 5.84. The molecule has 0 aliphatic carbocycles. The van der Waals surface area contributed by atoms with Crippen molar-refractivity contribution in [1.29, 1.82) is 0 Å². The molecule has 4 nitrogen and oxygen atoms in total. The summed E-state index contributed by atoms with van der Waals surface area (Å²) in [5, 5.41) is 2.87. The molecule has 90 valence electrons. The predicted octanol–water partition coefficient (Wildman–Crippen LogP) is 0.924. The molecule has 2 rings (SSSR count). The number of likely N-dealkylation sites (tertiary alicyclic amines) is 1. The van der Waals surface area contributed by atoms with E-state index in [0.29, 0.717) is 13.1 Å². The Kier molecular flexibility index (Phi) is 3.75. The molecule has 1 aromatic rings. The molecular formula is C13H16N2O2. The molecule has 1 aliphatic rings. The minimum atomic E-state index is -0.281. The molecule has 0 saturated carbocycles. The van der Waals surface area contributed by atoms with Crippen molar-refractivity contribution in [3.05, 3.63) is 35.9 Å². The maximum atomic E-state index is 11.9. The van der Waals surface area contributed by atoms with Crippen LogP contribution in [0.25, 0.3) is 0 Å². The van der Waals surface area contributed by atoms with Crippen LogP contribution < -0.4 is 5.32 Å². The van der Waals surface area contributed by atoms with E-state index in [0.717, 1.165) is 24.8 Å². The van der Waals surface area contributed by atoms with Crippen LogP contribution in [-0.4, -0.2) is 29.8 Å². The third-order valence-electron chi connectivity index (χ3n) is 3.04. The SMILES string of the molecule is O=CN1CCCC1C(=O)NCc1ccccc1. The molecule has 17 heavy (non-hydrogen) atoms. The third-order valence-corrected chi connectivity index (χ3v) is 3.04. The van der Waals surface area contributed by atoms with Gasteiger partial charge in [-0.15, -0.1) is 0 Å². The van der Waals surface area contributed by atoms with Crippen molar-refractivity contribution in [3.63, 3.8) is 0 Å². The summed E-state index contributed by atoms with van der Waals surface area (Å²) in [7, 11) is 0. The first kappa shape index (κ1) is 11.6. The van der Waals surface area contributed by atoms with E-state index in [-0.39, 0.29) is 11.9 Å². The van der Waals surface area contributed by atoms with Gasteiger partial charge in [-0.3, -0.25) is 9.59 Å². The van der Waals surface area contributed by atoms with Gasteiger partial charge in [-0.05, 0) is 18.4 Å². The van der Waals surface area contributed by atoms with E-state index in [2.05, 4.69) is 5.32 Å². The summed E-state index contributed by atoms with van der Waals surface area (Å²) in [5.41, 5.74) is 1.07. The molecule has 1 unspecified atom stereocenters. The van der Waals surface area contributed by atoms with Gasteiger partial charge >= 0.3 is 0 Å². The second-order valence-corrected chi connectivity index (χ2v) is 4.20. The van der Waals surface area contributed by atoms with Crippen molar-refractivity contribution in [2.75, 3.05) is 6.54 Å². The second-order valence-electron chi connectivity index (χ2n) is 4.20. The Hall–Kier alpha value is -1.84. The van der Waals surface area contributed by atoms with Gasteiger partial charge in [0.2, 0.25) is 12.3 Å². The molecule has 2 amide bonds. The largest absolute Gasteiger partial charge is 0.350 e. The predicted molar refractivity (Wildman–Crippen MR) is 64.1 cm³/mol. The molecule has 1 atom stereocenters. The maximum absolute atomic E-state index is 11.9. The molecule has 4 heteroatoms. The lowest BCUT2D eigenvalue weighted by Gasteiger charge is -2.19. The fourth-order valence-corrected chi connectivity index (χ4v) is 2.10. The van der Waals surface area contributed by atoms with Gasteiger partial charge in [0.1, 0.15) is 6.04 Å². The molecule has 1 N–H and O–H groups in total. The number of carbonyl (C=O) groups is 2. The van der Waals surface area contributed by atoms with Crippen LogP contribution in [0.1, 0.15) is 18.4 Å². The van der Waals surface area contributed by atoms with Crippen LogP contribution >= 0.6 is 0 Å². The molecule has 1 aromatic carbocycles. The van der Waals surface area contributed by atoms with Crippen molar-refractivity contribution in [1.82, 2.24) is 10.2 Å². The van der Waals surface area contributed by atoms with E-state index in [1.54, 1.807) is 4.90 Å². The molecule has 0 spiro atoms. The van der Waals surface area contributed by atoms with E-state index in [4.69, 9.17) is 0 Å². The lowest BCUT2D eigenvalue weighted by molar-refractivity contribution is -0.131. The Bertz CT molecular complexity index is 392. The molecule has 0 aromatic heterocycles. The van der Waals surface area contributed by atoms with E-state index in [9.17, 15) is 9.59 Å². The zero-order valence-corrected chi connectivity index (χ0v) is 9.63. The average molecular weight is 232 g/mol. The molecule has 1 saturated heterocycles. The molecular weight excluding hydrogens is 216 g/mol. The lowest BCUT2D eigenvalue weighted by Crippen LogP contribution is -2.42. The van der Waals surface area contributed by atoms with Gasteiger partial charge in [-0.2, -0.15) is 0 Å². The molecule has 1 aliphatic heterocycles. The fourth-order valence-electron chi connectivity index (χ4n) is 2.10. The number of rotatable bonds is 4. The van der Waals surface area contributed by atoms with E-state index in [1.165, 1.54) is 0 Å². The second kappa shape index (κ2) is 5.48. The number of amides is 2. The van der Waals surface area contributed by atoms with Crippen molar-refractivity contribution in [3.8, 4) is 0 Å². The summed E-state index contributed by atoms with van der Waals surface area (Å²) < 4.78 is 0. The number of benzene rings is 1. The molecule has 0 bridgehead atoms. The van der Waals surface area contributed by atoms with Gasteiger partial charge < -0.3 is 10.2 Å². The molecule has 0 radical (unpaired) electrons. The Morgan fingerprint density at radius 1 is 1.41 bits per heavy atom. The first-order valence-corrected chi connectivity index (χ1v) is 5.84. The maximum Gasteiger partial charge on any atom is 0.243 e.